The van der Waals surface area contributed by atoms with Crippen LogP contribution >= 0.6 is 0 Å². The molecule has 3 atom stereocenters. The van der Waals surface area contributed by atoms with Crippen molar-refractivity contribution in [2.24, 2.45) is 11.1 Å². The highest BCUT2D eigenvalue weighted by atomic mass is 32.2. The number of carbonyl (C=O) groups is 1. The van der Waals surface area contributed by atoms with Gasteiger partial charge in [-0.25, -0.2) is 8.42 Å². The molecule has 0 unspecified atom stereocenters. The van der Waals surface area contributed by atoms with E-state index in [2.05, 4.69) is 10.5 Å². The number of hydrogen-bond acceptors (Lipinski definition) is 6. The molecule has 2 aromatic rings. The van der Waals surface area contributed by atoms with Crippen molar-refractivity contribution in [3.05, 3.63) is 54.6 Å². The van der Waals surface area contributed by atoms with E-state index in [0.717, 1.165) is 36.8 Å². The van der Waals surface area contributed by atoms with Crippen LogP contribution in [-0.4, -0.2) is 61.8 Å². The van der Waals surface area contributed by atoms with E-state index in [9.17, 15) is 18.3 Å². The highest BCUT2D eigenvalue weighted by Gasteiger charge is 2.40. The van der Waals surface area contributed by atoms with E-state index in [1.54, 1.807) is 24.3 Å². The zero-order valence-electron chi connectivity index (χ0n) is 20.0. The smallest absolute Gasteiger partial charge is 0.243 e. The van der Waals surface area contributed by atoms with Gasteiger partial charge in [0.25, 0.3) is 0 Å². The van der Waals surface area contributed by atoms with Crippen molar-refractivity contribution >= 4 is 21.6 Å². The summed E-state index contributed by atoms with van der Waals surface area (Å²) in [6, 6.07) is 15.9. The molecule has 0 bridgehead atoms. The largest absolute Gasteiger partial charge is 0.399 e. The number of sulfonamides is 1. The summed E-state index contributed by atoms with van der Waals surface area (Å²) in [7, 11) is -2.43. The van der Waals surface area contributed by atoms with Crippen molar-refractivity contribution in [1.82, 2.24) is 9.62 Å². The summed E-state index contributed by atoms with van der Waals surface area (Å²) in [5.41, 5.74) is 2.51. The maximum atomic E-state index is 13.6. The van der Waals surface area contributed by atoms with Gasteiger partial charge in [-0.1, -0.05) is 60.5 Å². The number of carbonyl (C=O) groups excluding carboxylic acids is 1. The molecule has 1 aliphatic heterocycles. The molecule has 188 valence electrons. The Balaban J connectivity index is 1.51. The molecule has 0 spiro atoms. The summed E-state index contributed by atoms with van der Waals surface area (Å²) in [5.74, 6) is -0.163. The fourth-order valence-electron chi connectivity index (χ4n) is 5.08. The minimum absolute atomic E-state index is 0.0265. The van der Waals surface area contributed by atoms with Gasteiger partial charge in [0.05, 0.1) is 17.2 Å². The zero-order valence-corrected chi connectivity index (χ0v) is 20.8. The van der Waals surface area contributed by atoms with Crippen molar-refractivity contribution in [2.45, 2.75) is 55.5 Å². The maximum Gasteiger partial charge on any atom is 0.243 e. The molecule has 1 aliphatic carbocycles. The molecule has 1 saturated heterocycles. The van der Waals surface area contributed by atoms with Crippen molar-refractivity contribution < 1.29 is 23.2 Å². The van der Waals surface area contributed by atoms with Crippen LogP contribution in [0.2, 0.25) is 0 Å². The van der Waals surface area contributed by atoms with Crippen LogP contribution in [0.25, 0.3) is 11.1 Å². The van der Waals surface area contributed by atoms with E-state index in [0.29, 0.717) is 12.1 Å². The first-order chi connectivity index (χ1) is 16.9. The van der Waals surface area contributed by atoms with Crippen molar-refractivity contribution in [1.29, 1.82) is 0 Å². The topological polar surface area (TPSA) is 108 Å². The molecule has 35 heavy (non-hydrogen) atoms. The average molecular weight is 500 g/mol. The number of hydrogen-bond donors (Lipinski definition) is 2. The molecule has 4 rings (SSSR count). The minimum atomic E-state index is -3.86. The Hall–Kier alpha value is -2.75. The summed E-state index contributed by atoms with van der Waals surface area (Å²) in [5, 5.41) is 16.7. The van der Waals surface area contributed by atoms with Gasteiger partial charge >= 0.3 is 0 Å². The second kappa shape index (κ2) is 11.3. The molecule has 2 fully saturated rings. The van der Waals surface area contributed by atoms with Gasteiger partial charge in [0, 0.05) is 37.5 Å². The monoisotopic (exact) mass is 499 g/mol. The Morgan fingerprint density at radius 1 is 1.09 bits per heavy atom. The fraction of sp³-hybridized carbons (Fsp3) is 0.462. The predicted octanol–water partition coefficient (Wildman–Crippen LogP) is 3.18. The molecule has 2 aliphatic rings. The number of benzene rings is 2. The lowest BCUT2D eigenvalue weighted by molar-refractivity contribution is -0.123. The Kier molecular flexibility index (Phi) is 8.20. The van der Waals surface area contributed by atoms with Crippen molar-refractivity contribution in [3.8, 4) is 11.1 Å². The number of nitrogens with zero attached hydrogens (tertiary/aromatic N) is 2. The number of aliphatic hydroxyl groups is 1. The molecule has 2 aromatic carbocycles. The molecule has 8 nitrogen and oxygen atoms in total. The quantitative estimate of drug-likeness (QED) is 0.543. The van der Waals surface area contributed by atoms with E-state index in [1.807, 2.05) is 30.3 Å². The third-order valence-electron chi connectivity index (χ3n) is 6.92. The molecular formula is C26H33N3O5S. The van der Waals surface area contributed by atoms with E-state index in [4.69, 9.17) is 4.84 Å². The lowest BCUT2D eigenvalue weighted by Gasteiger charge is -2.31. The third kappa shape index (κ3) is 5.91. The summed E-state index contributed by atoms with van der Waals surface area (Å²) < 4.78 is 28.5. The van der Waals surface area contributed by atoms with Gasteiger partial charge in [-0.3, -0.25) is 4.79 Å². The van der Waals surface area contributed by atoms with Crippen LogP contribution in [0, 0.1) is 5.92 Å². The molecule has 2 N–H and O–H groups in total. The Bertz CT molecular complexity index is 1140. The van der Waals surface area contributed by atoms with Gasteiger partial charge in [0.15, 0.2) is 0 Å². The number of amides is 1. The summed E-state index contributed by atoms with van der Waals surface area (Å²) in [6.07, 6.45) is 4.12. The highest BCUT2D eigenvalue weighted by Crippen LogP contribution is 2.29. The highest BCUT2D eigenvalue weighted by molar-refractivity contribution is 7.89. The number of aliphatic hydroxyl groups excluding tert-OH is 1. The standard InChI is InChI=1S/C26H33N3O5S/c1-34-28-22-15-23(16-26(31)27-25-10-6-5-9-21(25)18-30)29(17-22)35(32,33)24-13-11-20(12-14-24)19-7-3-2-4-8-19/h2-4,7-8,11-14,21,23,25,30H,5-6,9-10,15-18H2,1H3,(H,27,31)/t21-,23+,25-/m1/s1. The van der Waals surface area contributed by atoms with E-state index < -0.39 is 16.1 Å². The first kappa shape index (κ1) is 25.3. The fourth-order valence-corrected chi connectivity index (χ4v) is 6.69. The lowest BCUT2D eigenvalue weighted by atomic mass is 9.85. The molecule has 0 aromatic heterocycles. The Morgan fingerprint density at radius 2 is 1.77 bits per heavy atom. The maximum absolute atomic E-state index is 13.6. The molecule has 0 radical (unpaired) electrons. The van der Waals surface area contributed by atoms with Gasteiger partial charge in [-0.15, -0.1) is 0 Å². The Morgan fingerprint density at radius 3 is 2.46 bits per heavy atom. The number of rotatable bonds is 8. The second-order valence-corrected chi connectivity index (χ2v) is 11.1. The molecule has 1 saturated carbocycles. The van der Waals surface area contributed by atoms with Crippen molar-refractivity contribution in [2.75, 3.05) is 20.3 Å². The van der Waals surface area contributed by atoms with Crippen LogP contribution in [-0.2, 0) is 19.7 Å². The minimum Gasteiger partial charge on any atom is -0.399 e. The summed E-state index contributed by atoms with van der Waals surface area (Å²) in [6.45, 7) is 0.121. The van der Waals surface area contributed by atoms with Gasteiger partial charge in [0.2, 0.25) is 15.9 Å². The van der Waals surface area contributed by atoms with E-state index in [1.165, 1.54) is 11.4 Å². The summed E-state index contributed by atoms with van der Waals surface area (Å²) in [4.78, 5) is 18.0. The first-order valence-electron chi connectivity index (χ1n) is 12.1. The predicted molar refractivity (Wildman–Crippen MR) is 134 cm³/mol. The lowest BCUT2D eigenvalue weighted by Crippen LogP contribution is -2.46. The second-order valence-electron chi connectivity index (χ2n) is 9.24. The van der Waals surface area contributed by atoms with Gasteiger partial charge in [-0.2, -0.15) is 4.31 Å². The van der Waals surface area contributed by atoms with Crippen LogP contribution in [0.3, 0.4) is 0 Å². The molecule has 9 heteroatoms. The zero-order chi connectivity index (χ0) is 24.8. The summed E-state index contributed by atoms with van der Waals surface area (Å²) >= 11 is 0. The third-order valence-corrected chi connectivity index (χ3v) is 8.83. The SMILES string of the molecule is CON=C1C[C@@H](CC(=O)N[C@@H]2CCCC[C@@H]2CO)N(S(=O)(=O)c2ccc(-c3ccccc3)cc2)C1. The van der Waals surface area contributed by atoms with Crippen LogP contribution in [0.1, 0.15) is 38.5 Å². The van der Waals surface area contributed by atoms with Crippen LogP contribution in [0.15, 0.2) is 64.6 Å². The number of oxime groups is 1. The number of nitrogens with one attached hydrogen (secondary N) is 1. The van der Waals surface area contributed by atoms with Crippen LogP contribution < -0.4 is 5.32 Å². The van der Waals surface area contributed by atoms with Crippen LogP contribution in [0.4, 0.5) is 0 Å². The van der Waals surface area contributed by atoms with Gasteiger partial charge < -0.3 is 15.3 Å². The van der Waals surface area contributed by atoms with Crippen molar-refractivity contribution in [3.63, 3.8) is 0 Å². The molecule has 1 heterocycles. The van der Waals surface area contributed by atoms with E-state index >= 15 is 0 Å². The molecule has 1 amide bonds. The van der Waals surface area contributed by atoms with E-state index in [-0.39, 0.29) is 42.3 Å². The van der Waals surface area contributed by atoms with Gasteiger partial charge in [-0.05, 0) is 36.1 Å². The first-order valence-corrected chi connectivity index (χ1v) is 13.5. The van der Waals surface area contributed by atoms with Gasteiger partial charge in [0.1, 0.15) is 7.11 Å². The molecular weight excluding hydrogens is 466 g/mol. The Labute approximate surface area is 207 Å². The normalized spacial score (nSPS) is 24.4. The van der Waals surface area contributed by atoms with Crippen LogP contribution in [0.5, 0.6) is 0 Å². The average Bonchev–Trinajstić information content (AvgIpc) is 3.28.